The number of carbonyl (C=O) groups is 2. The molecule has 0 fully saturated rings. The second kappa shape index (κ2) is 7.48. The van der Waals surface area contributed by atoms with Crippen LogP contribution >= 0.6 is 0 Å². The molecule has 1 aromatic heterocycles. The van der Waals surface area contributed by atoms with Crippen molar-refractivity contribution >= 4 is 28.7 Å². The van der Waals surface area contributed by atoms with Crippen LogP contribution < -0.4 is 11.1 Å². The first-order valence-corrected chi connectivity index (χ1v) is 7.72. The normalized spacial score (nSPS) is 10.6. The highest BCUT2D eigenvalue weighted by Gasteiger charge is 2.12. The largest absolute Gasteiger partial charge is 0.456 e. The van der Waals surface area contributed by atoms with E-state index >= 15 is 0 Å². The fourth-order valence-corrected chi connectivity index (χ4v) is 2.37. The van der Waals surface area contributed by atoms with Gasteiger partial charge in [-0.2, -0.15) is 0 Å². The van der Waals surface area contributed by atoms with E-state index in [1.807, 2.05) is 6.07 Å². The number of aromatic nitrogens is 1. The molecule has 3 rings (SSSR count). The molecule has 0 saturated heterocycles. The van der Waals surface area contributed by atoms with Crippen molar-refractivity contribution in [1.82, 2.24) is 4.57 Å². The summed E-state index contributed by atoms with van der Waals surface area (Å²) in [6.07, 6.45) is -0.0396. The summed E-state index contributed by atoms with van der Waals surface area (Å²) in [7, 11) is 0. The van der Waals surface area contributed by atoms with E-state index in [1.54, 1.807) is 48.5 Å². The summed E-state index contributed by atoms with van der Waals surface area (Å²) < 4.78 is 11.4. The Bertz CT molecular complexity index is 943. The van der Waals surface area contributed by atoms with Crippen LogP contribution in [0.3, 0.4) is 0 Å². The van der Waals surface area contributed by atoms with Crippen molar-refractivity contribution in [3.8, 4) is 0 Å². The Hall–Kier alpha value is -3.35. The van der Waals surface area contributed by atoms with Gasteiger partial charge in [-0.3, -0.25) is 14.2 Å². The van der Waals surface area contributed by atoms with Crippen molar-refractivity contribution in [3.05, 3.63) is 65.1 Å². The molecule has 0 bridgehead atoms. The number of para-hydroxylation sites is 3. The van der Waals surface area contributed by atoms with Crippen LogP contribution in [0.15, 0.2) is 63.8 Å². The van der Waals surface area contributed by atoms with Gasteiger partial charge in [-0.05, 0) is 24.3 Å². The topological polar surface area (TPSA) is 90.5 Å². The summed E-state index contributed by atoms with van der Waals surface area (Å²) in [4.78, 5) is 35.3. The van der Waals surface area contributed by atoms with Gasteiger partial charge in [-0.1, -0.05) is 30.3 Å². The van der Waals surface area contributed by atoms with E-state index in [1.165, 1.54) is 4.57 Å². The molecule has 1 amide bonds. The molecule has 0 radical (unpaired) electrons. The molecule has 1 heterocycles. The van der Waals surface area contributed by atoms with E-state index in [9.17, 15) is 14.4 Å². The van der Waals surface area contributed by atoms with Crippen molar-refractivity contribution in [3.63, 3.8) is 0 Å². The zero-order valence-electron chi connectivity index (χ0n) is 13.3. The Morgan fingerprint density at radius 2 is 1.76 bits per heavy atom. The van der Waals surface area contributed by atoms with Gasteiger partial charge in [0.1, 0.15) is 0 Å². The molecule has 128 valence electrons. The number of hydrogen-bond donors (Lipinski definition) is 1. The number of rotatable bonds is 6. The fourth-order valence-electron chi connectivity index (χ4n) is 2.37. The quantitative estimate of drug-likeness (QED) is 0.695. The first-order chi connectivity index (χ1) is 12.1. The van der Waals surface area contributed by atoms with Gasteiger partial charge >= 0.3 is 11.7 Å². The van der Waals surface area contributed by atoms with Crippen molar-refractivity contribution in [2.24, 2.45) is 0 Å². The molecule has 0 aliphatic rings. The Balaban J connectivity index is 1.50. The number of benzene rings is 2. The minimum atomic E-state index is -0.569. The molecular formula is C18H16N2O5. The third-order valence-electron chi connectivity index (χ3n) is 3.54. The van der Waals surface area contributed by atoms with Gasteiger partial charge in [-0.25, -0.2) is 4.79 Å². The lowest BCUT2D eigenvalue weighted by Crippen LogP contribution is -2.22. The fraction of sp³-hybridized carbons (Fsp3) is 0.167. The van der Waals surface area contributed by atoms with E-state index in [0.29, 0.717) is 16.8 Å². The number of hydrogen-bond acceptors (Lipinski definition) is 5. The number of amides is 1. The molecule has 0 aliphatic heterocycles. The molecule has 0 aliphatic carbocycles. The maximum absolute atomic E-state index is 11.8. The Kier molecular flexibility index (Phi) is 4.94. The van der Waals surface area contributed by atoms with Gasteiger partial charge in [-0.15, -0.1) is 0 Å². The summed E-state index contributed by atoms with van der Waals surface area (Å²) in [5, 5.41) is 2.61. The van der Waals surface area contributed by atoms with Crippen molar-refractivity contribution < 1.29 is 18.7 Å². The summed E-state index contributed by atoms with van der Waals surface area (Å²) >= 11 is 0. The number of oxazole rings is 1. The van der Waals surface area contributed by atoms with Crippen LogP contribution in [0.5, 0.6) is 0 Å². The summed E-state index contributed by atoms with van der Waals surface area (Å²) in [6, 6.07) is 15.8. The number of nitrogens with zero attached hydrogens (tertiary/aromatic N) is 1. The van der Waals surface area contributed by atoms with Gasteiger partial charge in [0.05, 0.1) is 11.9 Å². The molecule has 1 N–H and O–H groups in total. The lowest BCUT2D eigenvalue weighted by atomic mass is 10.3. The predicted octanol–water partition coefficient (Wildman–Crippen LogP) is 2.17. The second-order valence-corrected chi connectivity index (χ2v) is 5.31. The SMILES string of the molecule is O=C(COC(=O)CCn1c(=O)oc2ccccc21)Nc1ccccc1. The maximum atomic E-state index is 11.8. The highest BCUT2D eigenvalue weighted by atomic mass is 16.5. The van der Waals surface area contributed by atoms with E-state index < -0.39 is 17.6 Å². The monoisotopic (exact) mass is 340 g/mol. The third-order valence-corrected chi connectivity index (χ3v) is 3.54. The second-order valence-electron chi connectivity index (χ2n) is 5.31. The molecule has 25 heavy (non-hydrogen) atoms. The number of fused-ring (bicyclic) bond motifs is 1. The van der Waals surface area contributed by atoms with Gasteiger partial charge < -0.3 is 14.5 Å². The minimum Gasteiger partial charge on any atom is -0.456 e. The Morgan fingerprint density at radius 3 is 2.56 bits per heavy atom. The van der Waals surface area contributed by atoms with Crippen LogP contribution in [0.1, 0.15) is 6.42 Å². The van der Waals surface area contributed by atoms with Gasteiger partial charge in [0.15, 0.2) is 12.2 Å². The predicted molar refractivity (Wildman–Crippen MR) is 91.1 cm³/mol. The number of nitrogens with one attached hydrogen (secondary N) is 1. The number of carbonyl (C=O) groups excluding carboxylic acids is 2. The van der Waals surface area contributed by atoms with Crippen LogP contribution in [-0.2, 0) is 20.9 Å². The van der Waals surface area contributed by atoms with Gasteiger partial charge in [0.25, 0.3) is 5.91 Å². The molecule has 0 spiro atoms. The highest BCUT2D eigenvalue weighted by molar-refractivity contribution is 5.92. The first kappa shape index (κ1) is 16.5. The number of esters is 1. The van der Waals surface area contributed by atoms with E-state index in [0.717, 1.165) is 0 Å². The van der Waals surface area contributed by atoms with Crippen LogP contribution in [0, 0.1) is 0 Å². The molecule has 0 atom stereocenters. The first-order valence-electron chi connectivity index (χ1n) is 7.72. The summed E-state index contributed by atoms with van der Waals surface area (Å²) in [5.41, 5.74) is 1.70. The standard InChI is InChI=1S/C18H16N2O5/c21-16(19-13-6-2-1-3-7-13)12-24-17(22)10-11-20-14-8-4-5-9-15(14)25-18(20)23/h1-9H,10-12H2,(H,19,21). The van der Waals surface area contributed by atoms with Gasteiger partial charge in [0.2, 0.25) is 0 Å². The van der Waals surface area contributed by atoms with E-state index in [4.69, 9.17) is 9.15 Å². The molecule has 7 heteroatoms. The van der Waals surface area contributed by atoms with Crippen LogP contribution in [0.25, 0.3) is 11.1 Å². The maximum Gasteiger partial charge on any atom is 0.419 e. The average Bonchev–Trinajstić information content (AvgIpc) is 2.94. The Labute approximate surface area is 142 Å². The van der Waals surface area contributed by atoms with E-state index in [2.05, 4.69) is 5.32 Å². The molecule has 0 unspecified atom stereocenters. The van der Waals surface area contributed by atoms with Gasteiger partial charge in [0, 0.05) is 12.2 Å². The van der Waals surface area contributed by atoms with E-state index in [-0.39, 0.29) is 19.6 Å². The zero-order chi connectivity index (χ0) is 17.6. The molecule has 3 aromatic rings. The number of ether oxygens (including phenoxy) is 1. The summed E-state index contributed by atoms with van der Waals surface area (Å²) in [6.45, 7) is -0.260. The number of aryl methyl sites for hydroxylation is 1. The highest BCUT2D eigenvalue weighted by Crippen LogP contribution is 2.12. The summed E-state index contributed by atoms with van der Waals surface area (Å²) in [5.74, 6) is -1.53. The molecular weight excluding hydrogens is 324 g/mol. The zero-order valence-corrected chi connectivity index (χ0v) is 13.3. The van der Waals surface area contributed by atoms with Crippen molar-refractivity contribution in [2.45, 2.75) is 13.0 Å². The van der Waals surface area contributed by atoms with Crippen LogP contribution in [0.2, 0.25) is 0 Å². The lowest BCUT2D eigenvalue weighted by Gasteiger charge is -2.06. The van der Waals surface area contributed by atoms with Crippen molar-refractivity contribution in [2.75, 3.05) is 11.9 Å². The number of anilines is 1. The molecule has 0 saturated carbocycles. The molecule has 7 nitrogen and oxygen atoms in total. The smallest absolute Gasteiger partial charge is 0.419 e. The third kappa shape index (κ3) is 4.14. The average molecular weight is 340 g/mol. The van der Waals surface area contributed by atoms with Crippen LogP contribution in [-0.4, -0.2) is 23.1 Å². The van der Waals surface area contributed by atoms with Crippen molar-refractivity contribution in [1.29, 1.82) is 0 Å². The molecule has 2 aromatic carbocycles. The lowest BCUT2D eigenvalue weighted by molar-refractivity contribution is -0.147. The Morgan fingerprint density at radius 1 is 1.04 bits per heavy atom. The van der Waals surface area contributed by atoms with Crippen LogP contribution in [0.4, 0.5) is 5.69 Å². The minimum absolute atomic E-state index is 0.0396.